The lowest BCUT2D eigenvalue weighted by Crippen LogP contribution is -2.37. The van der Waals surface area contributed by atoms with Crippen molar-refractivity contribution >= 4 is 29.3 Å². The van der Waals surface area contributed by atoms with Crippen LogP contribution in [0.15, 0.2) is 83.3 Å². The number of benzene rings is 3. The zero-order valence-corrected chi connectivity index (χ0v) is 19.0. The van der Waals surface area contributed by atoms with Crippen LogP contribution in [0.1, 0.15) is 26.3 Å². The molecule has 3 amide bonds. The molecule has 0 spiro atoms. The summed E-state index contributed by atoms with van der Waals surface area (Å²) in [5.41, 5.74) is 0.869. The first-order valence-electron chi connectivity index (χ1n) is 11.0. The first-order chi connectivity index (χ1) is 17.9. The minimum atomic E-state index is -0.947. The molecule has 0 saturated carbocycles. The first kappa shape index (κ1) is 23.2. The Morgan fingerprint density at radius 2 is 1.57 bits per heavy atom. The number of anilines is 1. The summed E-state index contributed by atoms with van der Waals surface area (Å²) in [6.45, 7) is -0.726. The van der Waals surface area contributed by atoms with Gasteiger partial charge in [-0.15, -0.1) is 0 Å². The van der Waals surface area contributed by atoms with E-state index in [1.54, 1.807) is 48.5 Å². The fourth-order valence-electron chi connectivity index (χ4n) is 4.22. The van der Waals surface area contributed by atoms with Crippen molar-refractivity contribution in [2.45, 2.75) is 0 Å². The van der Waals surface area contributed by atoms with E-state index in [1.165, 1.54) is 12.1 Å². The third-order valence-corrected chi connectivity index (χ3v) is 5.85. The van der Waals surface area contributed by atoms with Crippen molar-refractivity contribution in [3.8, 4) is 28.5 Å². The number of amides is 3. The highest BCUT2D eigenvalue weighted by Gasteiger charge is 2.41. The molecule has 0 saturated heterocycles. The molecule has 0 aliphatic carbocycles. The number of rotatable bonds is 6. The third-order valence-electron chi connectivity index (χ3n) is 5.85. The molecule has 1 aromatic heterocycles. The van der Waals surface area contributed by atoms with Gasteiger partial charge in [-0.05, 0) is 11.6 Å². The van der Waals surface area contributed by atoms with Crippen molar-refractivity contribution in [3.05, 3.63) is 106 Å². The molecule has 2 heterocycles. The smallest absolute Gasteiger partial charge is 0.282 e. The number of fused-ring (bicyclic) bond motifs is 1. The van der Waals surface area contributed by atoms with Crippen molar-refractivity contribution < 1.29 is 23.7 Å². The normalized spacial score (nSPS) is 12.2. The van der Waals surface area contributed by atoms with Gasteiger partial charge in [-0.25, -0.2) is 0 Å². The Hall–Kier alpha value is -5.56. The summed E-state index contributed by atoms with van der Waals surface area (Å²) in [5.74, 6) is -2.38. The first-order valence-corrected chi connectivity index (χ1v) is 11.0. The van der Waals surface area contributed by atoms with E-state index in [1.807, 2.05) is 12.1 Å². The lowest BCUT2D eigenvalue weighted by atomic mass is 9.98. The summed E-state index contributed by atoms with van der Waals surface area (Å²) in [4.78, 5) is 49.7. The number of nitrogens with zero attached hydrogens (tertiary/aromatic N) is 3. The molecular formula is C27H16N4O6. The Morgan fingerprint density at radius 3 is 2.19 bits per heavy atom. The molecule has 1 aliphatic heterocycles. The van der Waals surface area contributed by atoms with Crippen molar-refractivity contribution in [3.63, 3.8) is 0 Å². The second kappa shape index (κ2) is 9.24. The van der Waals surface area contributed by atoms with Gasteiger partial charge in [0.1, 0.15) is 29.5 Å². The Bertz CT molecular complexity index is 1620. The van der Waals surface area contributed by atoms with Crippen molar-refractivity contribution in [1.29, 1.82) is 5.26 Å². The van der Waals surface area contributed by atoms with Gasteiger partial charge in [0.2, 0.25) is 11.8 Å². The van der Waals surface area contributed by atoms with Gasteiger partial charge in [0.25, 0.3) is 17.5 Å². The monoisotopic (exact) mass is 492 g/mol. The van der Waals surface area contributed by atoms with Gasteiger partial charge in [0.05, 0.1) is 10.5 Å². The molecule has 0 atom stereocenters. The maximum absolute atomic E-state index is 12.9. The summed E-state index contributed by atoms with van der Waals surface area (Å²) < 4.78 is 5.95. The molecular weight excluding hydrogens is 476 g/mol. The van der Waals surface area contributed by atoms with E-state index in [0.29, 0.717) is 27.4 Å². The quantitative estimate of drug-likeness (QED) is 0.234. The van der Waals surface area contributed by atoms with Crippen LogP contribution in [0.4, 0.5) is 11.6 Å². The largest absolute Gasteiger partial charge is 0.438 e. The number of nitro groups is 1. The van der Waals surface area contributed by atoms with Gasteiger partial charge in [-0.3, -0.25) is 34.7 Å². The summed E-state index contributed by atoms with van der Waals surface area (Å²) in [6, 6.07) is 23.8. The standard InChI is InChI=1S/C27H16N4O6/c28-14-19-22(16-8-3-1-4-9-16)24(17-10-5-2-6-11-17)37-25(19)29-21(32)15-30-26(33)18-12-7-13-20(31(35)36)23(18)27(30)34/h1-13H,15H2,(H,29,32). The van der Waals surface area contributed by atoms with Gasteiger partial charge >= 0.3 is 0 Å². The average Bonchev–Trinajstić information content (AvgIpc) is 3.40. The number of imide groups is 1. The molecule has 3 aromatic carbocycles. The summed E-state index contributed by atoms with van der Waals surface area (Å²) >= 11 is 0. The lowest BCUT2D eigenvalue weighted by Gasteiger charge is -2.12. The highest BCUT2D eigenvalue weighted by molar-refractivity contribution is 6.24. The third kappa shape index (κ3) is 4.00. The number of furan rings is 1. The fraction of sp³-hybridized carbons (Fsp3) is 0.0370. The highest BCUT2D eigenvalue weighted by Crippen LogP contribution is 2.41. The van der Waals surface area contributed by atoms with E-state index in [2.05, 4.69) is 11.4 Å². The fourth-order valence-corrected chi connectivity index (χ4v) is 4.22. The minimum absolute atomic E-state index is 0.0661. The molecule has 0 bridgehead atoms. The molecule has 1 aliphatic rings. The van der Waals surface area contributed by atoms with Gasteiger partial charge in [-0.1, -0.05) is 66.7 Å². The number of hydrogen-bond donors (Lipinski definition) is 1. The number of nitriles is 1. The summed E-state index contributed by atoms with van der Waals surface area (Å²) in [7, 11) is 0. The van der Waals surface area contributed by atoms with Gasteiger partial charge in [0.15, 0.2) is 0 Å². The highest BCUT2D eigenvalue weighted by atomic mass is 16.6. The molecule has 10 heteroatoms. The second-order valence-corrected chi connectivity index (χ2v) is 8.06. The van der Waals surface area contributed by atoms with E-state index in [4.69, 9.17) is 4.42 Å². The Balaban J connectivity index is 1.48. The Kier molecular flexibility index (Phi) is 5.79. The zero-order chi connectivity index (χ0) is 26.1. The van der Waals surface area contributed by atoms with Crippen LogP contribution < -0.4 is 5.32 Å². The van der Waals surface area contributed by atoms with Crippen molar-refractivity contribution in [1.82, 2.24) is 4.90 Å². The molecule has 10 nitrogen and oxygen atoms in total. The van der Waals surface area contributed by atoms with Crippen LogP contribution in [0, 0.1) is 21.4 Å². The Morgan fingerprint density at radius 1 is 0.919 bits per heavy atom. The van der Waals surface area contributed by atoms with E-state index in [-0.39, 0.29) is 22.6 Å². The lowest BCUT2D eigenvalue weighted by molar-refractivity contribution is -0.385. The van der Waals surface area contributed by atoms with Crippen LogP contribution in [0.2, 0.25) is 0 Å². The zero-order valence-electron chi connectivity index (χ0n) is 19.0. The molecule has 4 aromatic rings. The van der Waals surface area contributed by atoms with Crippen LogP contribution in [-0.2, 0) is 4.79 Å². The van der Waals surface area contributed by atoms with E-state index < -0.39 is 34.9 Å². The molecule has 1 N–H and O–H groups in total. The average molecular weight is 492 g/mol. The second-order valence-electron chi connectivity index (χ2n) is 8.06. The summed E-state index contributed by atoms with van der Waals surface area (Å²) in [5, 5.41) is 23.8. The number of hydrogen-bond acceptors (Lipinski definition) is 7. The van der Waals surface area contributed by atoms with Gasteiger partial charge < -0.3 is 4.42 Å². The Labute approximate surface area is 209 Å². The minimum Gasteiger partial charge on any atom is -0.438 e. The summed E-state index contributed by atoms with van der Waals surface area (Å²) in [6.07, 6.45) is 0. The molecule has 5 rings (SSSR count). The molecule has 180 valence electrons. The maximum Gasteiger partial charge on any atom is 0.282 e. The number of nitro benzene ring substituents is 1. The predicted octanol–water partition coefficient (Wildman–Crippen LogP) is 4.63. The van der Waals surface area contributed by atoms with Crippen LogP contribution in [0.25, 0.3) is 22.5 Å². The molecule has 0 fully saturated rings. The van der Waals surface area contributed by atoms with Crippen LogP contribution >= 0.6 is 0 Å². The van der Waals surface area contributed by atoms with Crippen LogP contribution in [0.5, 0.6) is 0 Å². The molecule has 0 unspecified atom stereocenters. The van der Waals surface area contributed by atoms with E-state index in [9.17, 15) is 29.8 Å². The van der Waals surface area contributed by atoms with E-state index >= 15 is 0 Å². The predicted molar refractivity (Wildman–Crippen MR) is 131 cm³/mol. The number of carbonyl (C=O) groups is 3. The number of nitrogens with one attached hydrogen (secondary N) is 1. The van der Waals surface area contributed by atoms with Crippen molar-refractivity contribution in [2.75, 3.05) is 11.9 Å². The van der Waals surface area contributed by atoms with Crippen LogP contribution in [-0.4, -0.2) is 34.1 Å². The maximum atomic E-state index is 12.9. The van der Waals surface area contributed by atoms with E-state index in [0.717, 1.165) is 6.07 Å². The molecule has 37 heavy (non-hydrogen) atoms. The van der Waals surface area contributed by atoms with Gasteiger partial charge in [-0.2, -0.15) is 5.26 Å². The van der Waals surface area contributed by atoms with Gasteiger partial charge in [0, 0.05) is 17.2 Å². The van der Waals surface area contributed by atoms with Crippen LogP contribution in [0.3, 0.4) is 0 Å². The number of carbonyl (C=O) groups excluding carboxylic acids is 3. The topological polar surface area (TPSA) is 147 Å². The molecule has 0 radical (unpaired) electrons. The van der Waals surface area contributed by atoms with Crippen molar-refractivity contribution in [2.24, 2.45) is 0 Å². The SMILES string of the molecule is N#Cc1c(NC(=O)CN2C(=O)c3cccc([N+](=O)[O-])c3C2=O)oc(-c2ccccc2)c1-c1ccccc1.